The van der Waals surface area contributed by atoms with E-state index in [1.54, 1.807) is 24.5 Å². The van der Waals surface area contributed by atoms with Gasteiger partial charge >= 0.3 is 0 Å². The topological polar surface area (TPSA) is 100 Å². The van der Waals surface area contributed by atoms with E-state index in [0.717, 1.165) is 77.0 Å². The molecule has 0 aliphatic rings. The third kappa shape index (κ3) is 35.8. The lowest BCUT2D eigenvalue weighted by molar-refractivity contribution is -0.126. The molecule has 326 valence electrons. The third-order valence-corrected chi connectivity index (χ3v) is 8.91. The smallest absolute Gasteiger partial charge is 0.246 e. The molecule has 1 heterocycles. The standard InChI is InChI=1S/C53H76N4O3/c1-3-5-7-9-11-13-15-17-19-21-22-24-25-27-29-31-33-35-37-42-51(58)55-46-40-39-41-50(53(60)56-49-44-47-54-48-45-49)57-52(59)43-38-36-34-32-30-28-26-23-20-18-16-14-12-10-8-6-4-2/h5-8,11-14,17-20,22,24,26-29,32-35,44-45,47-48,50H,3-4,9-10,15-16,21,23,25,30-31,36-43,46H2,1-2H3,(H,55,58)(H,57,59)(H,54,56,60)/b7-5-,8-6-,13-11-,14-12-,19-17-,20-18-,24-22-,28-26-,29-27-,34-32-,35-33-/t50-/m0/s1. The summed E-state index contributed by atoms with van der Waals surface area (Å²) >= 11 is 0. The number of carbonyl (C=O) groups is 3. The van der Waals surface area contributed by atoms with E-state index in [4.69, 9.17) is 0 Å². The van der Waals surface area contributed by atoms with Crippen molar-refractivity contribution in [3.8, 4) is 0 Å². The molecule has 0 aliphatic heterocycles. The normalized spacial score (nSPS) is 13.2. The summed E-state index contributed by atoms with van der Waals surface area (Å²) in [4.78, 5) is 42.3. The van der Waals surface area contributed by atoms with E-state index >= 15 is 0 Å². The maximum atomic E-state index is 13.1. The highest BCUT2D eigenvalue weighted by atomic mass is 16.2. The molecular formula is C53H76N4O3. The van der Waals surface area contributed by atoms with Gasteiger partial charge in [-0.25, -0.2) is 0 Å². The Hall–Kier alpha value is -5.30. The monoisotopic (exact) mass is 817 g/mol. The summed E-state index contributed by atoms with van der Waals surface area (Å²) in [5, 5.41) is 8.82. The van der Waals surface area contributed by atoms with Crippen LogP contribution in [0.5, 0.6) is 0 Å². The highest BCUT2D eigenvalue weighted by Gasteiger charge is 2.20. The number of carbonyl (C=O) groups excluding carboxylic acids is 3. The summed E-state index contributed by atoms with van der Waals surface area (Å²) < 4.78 is 0. The number of hydrogen-bond donors (Lipinski definition) is 3. The van der Waals surface area contributed by atoms with Crippen molar-refractivity contribution in [3.63, 3.8) is 0 Å². The minimum absolute atomic E-state index is 0.0160. The quantitative estimate of drug-likeness (QED) is 0.0469. The number of nitrogens with zero attached hydrogens (tertiary/aromatic N) is 1. The van der Waals surface area contributed by atoms with Crippen LogP contribution < -0.4 is 16.0 Å². The molecule has 0 saturated carbocycles. The van der Waals surface area contributed by atoms with E-state index in [2.05, 4.69) is 168 Å². The zero-order valence-corrected chi connectivity index (χ0v) is 36.9. The largest absolute Gasteiger partial charge is 0.356 e. The number of rotatable bonds is 35. The molecule has 1 aromatic rings. The molecule has 0 radical (unpaired) electrons. The summed E-state index contributed by atoms with van der Waals surface area (Å²) in [6, 6.07) is 2.78. The predicted octanol–water partition coefficient (Wildman–Crippen LogP) is 13.2. The maximum Gasteiger partial charge on any atom is 0.246 e. The Morgan fingerprint density at radius 1 is 0.500 bits per heavy atom. The van der Waals surface area contributed by atoms with Crippen molar-refractivity contribution in [1.29, 1.82) is 0 Å². The summed E-state index contributed by atoms with van der Waals surface area (Å²) in [5.74, 6) is -0.380. The van der Waals surface area contributed by atoms with E-state index in [1.807, 2.05) is 0 Å². The molecule has 0 aromatic carbocycles. The van der Waals surface area contributed by atoms with E-state index < -0.39 is 6.04 Å². The zero-order valence-electron chi connectivity index (χ0n) is 36.9. The summed E-state index contributed by atoms with van der Waals surface area (Å²) in [6.07, 6.45) is 66.5. The average Bonchev–Trinajstić information content (AvgIpc) is 3.25. The van der Waals surface area contributed by atoms with Gasteiger partial charge in [-0.2, -0.15) is 0 Å². The second-order valence-electron chi connectivity index (χ2n) is 14.2. The molecular weight excluding hydrogens is 741 g/mol. The van der Waals surface area contributed by atoms with Gasteiger partial charge < -0.3 is 16.0 Å². The Bertz CT molecular complexity index is 1570. The molecule has 0 fully saturated rings. The van der Waals surface area contributed by atoms with Crippen molar-refractivity contribution in [3.05, 3.63) is 158 Å². The second kappa shape index (κ2) is 41.8. The lowest BCUT2D eigenvalue weighted by Crippen LogP contribution is -2.43. The molecule has 0 unspecified atom stereocenters. The minimum Gasteiger partial charge on any atom is -0.356 e. The Morgan fingerprint density at radius 2 is 0.917 bits per heavy atom. The number of amides is 3. The summed E-state index contributed by atoms with van der Waals surface area (Å²) in [5.41, 5.74) is 0.631. The Labute approximate surface area is 364 Å². The molecule has 3 N–H and O–H groups in total. The number of aromatic nitrogens is 1. The van der Waals surface area contributed by atoms with Gasteiger partial charge in [-0.05, 0) is 121 Å². The molecule has 1 atom stereocenters. The van der Waals surface area contributed by atoms with Crippen molar-refractivity contribution < 1.29 is 14.4 Å². The van der Waals surface area contributed by atoms with Crippen LogP contribution in [-0.2, 0) is 14.4 Å². The van der Waals surface area contributed by atoms with Crippen LogP contribution in [0, 0.1) is 0 Å². The van der Waals surface area contributed by atoms with E-state index in [0.29, 0.717) is 57.2 Å². The number of allylic oxidation sites excluding steroid dienone is 22. The van der Waals surface area contributed by atoms with Crippen LogP contribution in [0.3, 0.4) is 0 Å². The van der Waals surface area contributed by atoms with Crippen molar-refractivity contribution in [2.24, 2.45) is 0 Å². The van der Waals surface area contributed by atoms with Gasteiger partial charge in [0.1, 0.15) is 6.04 Å². The first-order valence-electron chi connectivity index (χ1n) is 22.5. The van der Waals surface area contributed by atoms with Crippen LogP contribution in [0.2, 0.25) is 0 Å². The fourth-order valence-electron chi connectivity index (χ4n) is 5.59. The van der Waals surface area contributed by atoms with Gasteiger partial charge in [0, 0.05) is 37.5 Å². The van der Waals surface area contributed by atoms with E-state index in [-0.39, 0.29) is 17.7 Å². The SMILES string of the molecule is CC/C=C\C/C=C\C/C=C\C/C=C\C/C=C\C/C=C\CCC(=O)NCCCC[C@H](NC(=O)CCC/C=C\C/C=C\C/C=C\C/C=C\C/C=C\CC)C(=O)Nc1ccncc1. The van der Waals surface area contributed by atoms with Crippen molar-refractivity contribution in [2.75, 3.05) is 11.9 Å². The van der Waals surface area contributed by atoms with E-state index in [1.165, 1.54) is 0 Å². The van der Waals surface area contributed by atoms with Crippen LogP contribution in [0.4, 0.5) is 5.69 Å². The van der Waals surface area contributed by atoms with Gasteiger partial charge in [0.25, 0.3) is 0 Å². The van der Waals surface area contributed by atoms with Gasteiger partial charge in [-0.3, -0.25) is 19.4 Å². The zero-order chi connectivity index (χ0) is 43.2. The fraction of sp³-hybridized carbons (Fsp3) is 0.434. The van der Waals surface area contributed by atoms with Gasteiger partial charge in [0.05, 0.1) is 0 Å². The number of nitrogens with one attached hydrogen (secondary N) is 3. The number of hydrogen-bond acceptors (Lipinski definition) is 4. The Morgan fingerprint density at radius 3 is 1.37 bits per heavy atom. The van der Waals surface area contributed by atoms with Crippen LogP contribution in [0.15, 0.2) is 158 Å². The minimum atomic E-state index is -0.664. The van der Waals surface area contributed by atoms with Crippen molar-refractivity contribution in [1.82, 2.24) is 15.6 Å². The van der Waals surface area contributed by atoms with Gasteiger partial charge in [0.15, 0.2) is 0 Å². The first-order valence-corrected chi connectivity index (χ1v) is 22.5. The van der Waals surface area contributed by atoms with Crippen molar-refractivity contribution >= 4 is 23.4 Å². The number of anilines is 1. The molecule has 7 nitrogen and oxygen atoms in total. The molecule has 1 rings (SSSR count). The fourth-order valence-corrected chi connectivity index (χ4v) is 5.59. The first-order chi connectivity index (χ1) is 29.6. The average molecular weight is 817 g/mol. The molecule has 0 saturated heterocycles. The molecule has 60 heavy (non-hydrogen) atoms. The lowest BCUT2D eigenvalue weighted by atomic mass is 10.1. The third-order valence-electron chi connectivity index (χ3n) is 8.91. The van der Waals surface area contributed by atoms with Gasteiger partial charge in [-0.15, -0.1) is 0 Å². The lowest BCUT2D eigenvalue weighted by Gasteiger charge is -2.18. The second-order valence-corrected chi connectivity index (χ2v) is 14.2. The summed E-state index contributed by atoms with van der Waals surface area (Å²) in [6.45, 7) is 4.82. The van der Waals surface area contributed by atoms with Gasteiger partial charge in [-0.1, -0.05) is 148 Å². The molecule has 3 amide bonds. The number of pyridine rings is 1. The van der Waals surface area contributed by atoms with E-state index in [9.17, 15) is 14.4 Å². The highest BCUT2D eigenvalue weighted by molar-refractivity contribution is 5.97. The van der Waals surface area contributed by atoms with Crippen LogP contribution in [0.25, 0.3) is 0 Å². The Kier molecular flexibility index (Phi) is 36.8. The molecule has 0 bridgehead atoms. The number of unbranched alkanes of at least 4 members (excludes halogenated alkanes) is 2. The van der Waals surface area contributed by atoms with Crippen LogP contribution in [-0.4, -0.2) is 35.3 Å². The summed E-state index contributed by atoms with van der Waals surface area (Å²) in [7, 11) is 0. The molecule has 0 spiro atoms. The molecule has 7 heteroatoms. The van der Waals surface area contributed by atoms with Crippen molar-refractivity contribution in [2.45, 2.75) is 142 Å². The maximum absolute atomic E-state index is 13.1. The Balaban J connectivity index is 2.27. The van der Waals surface area contributed by atoms with Crippen LogP contribution >= 0.6 is 0 Å². The molecule has 1 aromatic heterocycles. The highest BCUT2D eigenvalue weighted by Crippen LogP contribution is 2.09. The van der Waals surface area contributed by atoms with Gasteiger partial charge in [0.2, 0.25) is 17.7 Å². The molecule has 0 aliphatic carbocycles. The first kappa shape index (κ1) is 52.7. The predicted molar refractivity (Wildman–Crippen MR) is 257 cm³/mol. The van der Waals surface area contributed by atoms with Crippen LogP contribution in [0.1, 0.15) is 136 Å².